The summed E-state index contributed by atoms with van der Waals surface area (Å²) < 4.78 is 13.0. The van der Waals surface area contributed by atoms with Crippen LogP contribution >= 0.6 is 11.3 Å². The number of aliphatic imine (C=N–C) groups is 1. The second kappa shape index (κ2) is 10.7. The summed E-state index contributed by atoms with van der Waals surface area (Å²) in [6.07, 6.45) is 0.452. The molecular weight excluding hydrogens is 363 g/mol. The van der Waals surface area contributed by atoms with E-state index < -0.39 is 11.8 Å². The van der Waals surface area contributed by atoms with E-state index in [2.05, 4.69) is 39.4 Å². The molecule has 2 rings (SSSR count). The van der Waals surface area contributed by atoms with Gasteiger partial charge in [0.1, 0.15) is 5.82 Å². The second-order valence-corrected chi connectivity index (χ2v) is 7.27. The van der Waals surface area contributed by atoms with Crippen molar-refractivity contribution in [2.45, 2.75) is 26.2 Å². The summed E-state index contributed by atoms with van der Waals surface area (Å²) in [7, 11) is 0. The topological polar surface area (TPSA) is 79.5 Å². The molecule has 0 aliphatic carbocycles. The zero-order chi connectivity index (χ0) is 19.6. The number of carbonyl (C=O) groups is 1. The van der Waals surface area contributed by atoms with Crippen LogP contribution in [0.15, 0.2) is 46.1 Å². The lowest BCUT2D eigenvalue weighted by Gasteiger charge is -2.18. The smallest absolute Gasteiger partial charge is 0.222 e. The third kappa shape index (κ3) is 7.02. The maximum Gasteiger partial charge on any atom is 0.222 e. The van der Waals surface area contributed by atoms with E-state index in [-0.39, 0.29) is 5.82 Å². The molecule has 1 heterocycles. The molecule has 2 aromatic rings. The van der Waals surface area contributed by atoms with Crippen LogP contribution in [0.3, 0.4) is 0 Å². The highest BCUT2D eigenvalue weighted by Gasteiger charge is 2.17. The summed E-state index contributed by atoms with van der Waals surface area (Å²) in [6.45, 7) is 5.86. The number of hydrogen-bond donors (Lipinski definition) is 3. The summed E-state index contributed by atoms with van der Waals surface area (Å²) in [5, 5.41) is 10.6. The number of rotatable bonds is 9. The molecule has 0 saturated heterocycles. The maximum atomic E-state index is 13.0. The first-order chi connectivity index (χ1) is 13.0. The molecule has 7 heteroatoms. The van der Waals surface area contributed by atoms with Gasteiger partial charge in [0.05, 0.1) is 5.92 Å². The van der Waals surface area contributed by atoms with Gasteiger partial charge < -0.3 is 16.4 Å². The van der Waals surface area contributed by atoms with Crippen LogP contribution < -0.4 is 16.4 Å². The van der Waals surface area contributed by atoms with Crippen molar-refractivity contribution in [2.75, 3.05) is 19.6 Å². The molecule has 0 bridgehead atoms. The van der Waals surface area contributed by atoms with Crippen LogP contribution in [0.1, 0.15) is 30.9 Å². The predicted molar refractivity (Wildman–Crippen MR) is 110 cm³/mol. The van der Waals surface area contributed by atoms with Crippen LogP contribution in [0.4, 0.5) is 4.39 Å². The number of nitrogens with zero attached hydrogens (tertiary/aromatic N) is 1. The number of benzene rings is 1. The first-order valence-electron chi connectivity index (χ1n) is 9.07. The van der Waals surface area contributed by atoms with E-state index in [9.17, 15) is 9.18 Å². The summed E-state index contributed by atoms with van der Waals surface area (Å²) in [4.78, 5) is 16.4. The molecule has 1 amide bonds. The molecule has 1 aromatic carbocycles. The fourth-order valence-electron chi connectivity index (χ4n) is 2.63. The van der Waals surface area contributed by atoms with Gasteiger partial charge in [-0.25, -0.2) is 4.39 Å². The van der Waals surface area contributed by atoms with E-state index in [1.807, 2.05) is 6.92 Å². The first kappa shape index (κ1) is 20.9. The van der Waals surface area contributed by atoms with Crippen molar-refractivity contribution < 1.29 is 9.18 Å². The normalized spacial score (nSPS) is 13.8. The predicted octanol–water partition coefficient (Wildman–Crippen LogP) is 2.89. The molecule has 0 spiro atoms. The quantitative estimate of drug-likeness (QED) is 0.455. The van der Waals surface area contributed by atoms with Gasteiger partial charge in [0.15, 0.2) is 5.96 Å². The Labute approximate surface area is 163 Å². The number of nitrogens with one attached hydrogen (secondary N) is 2. The van der Waals surface area contributed by atoms with Crippen molar-refractivity contribution >= 4 is 23.2 Å². The third-order valence-electron chi connectivity index (χ3n) is 4.29. The van der Waals surface area contributed by atoms with E-state index >= 15 is 0 Å². The number of nitrogens with two attached hydrogens (primary N) is 1. The monoisotopic (exact) mass is 390 g/mol. The standard InChI is InChI=1S/C20H27FN4OS/c1-3-23-20(24-11-14(2)16-8-9-27-13-16)25-12-17(19(22)26)10-15-4-6-18(21)7-5-15/h4-9,13-14,17H,3,10-12H2,1-2H3,(H2,22,26)(H2,23,24,25). The van der Waals surface area contributed by atoms with Crippen molar-refractivity contribution in [2.24, 2.45) is 16.6 Å². The van der Waals surface area contributed by atoms with Gasteiger partial charge in [-0.1, -0.05) is 19.1 Å². The first-order valence-corrected chi connectivity index (χ1v) is 10.0. The van der Waals surface area contributed by atoms with Crippen molar-refractivity contribution in [1.29, 1.82) is 0 Å². The van der Waals surface area contributed by atoms with Gasteiger partial charge in [0.25, 0.3) is 0 Å². The van der Waals surface area contributed by atoms with Crippen LogP contribution in [0.25, 0.3) is 0 Å². The molecule has 2 atom stereocenters. The van der Waals surface area contributed by atoms with Gasteiger partial charge in [-0.2, -0.15) is 11.3 Å². The molecule has 1 aromatic heterocycles. The van der Waals surface area contributed by atoms with E-state index in [4.69, 9.17) is 5.73 Å². The van der Waals surface area contributed by atoms with Gasteiger partial charge in [-0.3, -0.25) is 9.79 Å². The fraction of sp³-hybridized carbons (Fsp3) is 0.400. The number of hydrogen-bond acceptors (Lipinski definition) is 3. The molecule has 2 unspecified atom stereocenters. The molecule has 0 aliphatic heterocycles. The lowest BCUT2D eigenvalue weighted by atomic mass is 9.98. The Morgan fingerprint density at radius 1 is 1.26 bits per heavy atom. The Morgan fingerprint density at radius 2 is 2.00 bits per heavy atom. The molecule has 146 valence electrons. The number of thiophene rings is 1. The van der Waals surface area contributed by atoms with Crippen LogP contribution in [-0.2, 0) is 11.2 Å². The van der Waals surface area contributed by atoms with Crippen molar-refractivity contribution in [3.05, 3.63) is 58.0 Å². The zero-order valence-electron chi connectivity index (χ0n) is 15.7. The Bertz CT molecular complexity index is 731. The molecule has 0 saturated carbocycles. The largest absolute Gasteiger partial charge is 0.369 e. The molecular formula is C20H27FN4OS. The lowest BCUT2D eigenvalue weighted by molar-refractivity contribution is -0.121. The molecule has 27 heavy (non-hydrogen) atoms. The number of amides is 1. The average molecular weight is 391 g/mol. The fourth-order valence-corrected chi connectivity index (χ4v) is 3.41. The maximum absolute atomic E-state index is 13.0. The highest BCUT2D eigenvalue weighted by Crippen LogP contribution is 2.18. The Balaban J connectivity index is 1.95. The Morgan fingerprint density at radius 3 is 2.59 bits per heavy atom. The van der Waals surface area contributed by atoms with Crippen LogP contribution in [-0.4, -0.2) is 31.5 Å². The zero-order valence-corrected chi connectivity index (χ0v) is 16.6. The Hall–Kier alpha value is -2.41. The minimum atomic E-state index is -0.409. The number of halogens is 1. The van der Waals surface area contributed by atoms with Crippen LogP contribution in [0.5, 0.6) is 0 Å². The van der Waals surface area contributed by atoms with E-state index in [1.165, 1.54) is 17.7 Å². The van der Waals surface area contributed by atoms with E-state index in [0.717, 1.165) is 12.1 Å². The summed E-state index contributed by atoms with van der Waals surface area (Å²) in [5.74, 6) is -0.125. The van der Waals surface area contributed by atoms with Gasteiger partial charge in [-0.15, -0.1) is 0 Å². The molecule has 4 N–H and O–H groups in total. The summed E-state index contributed by atoms with van der Waals surface area (Å²) in [5.41, 5.74) is 7.69. The summed E-state index contributed by atoms with van der Waals surface area (Å²) >= 11 is 1.68. The third-order valence-corrected chi connectivity index (χ3v) is 4.99. The number of carbonyl (C=O) groups excluding carboxylic acids is 1. The van der Waals surface area contributed by atoms with Gasteiger partial charge >= 0.3 is 0 Å². The number of guanidine groups is 1. The van der Waals surface area contributed by atoms with Crippen molar-refractivity contribution in [1.82, 2.24) is 10.6 Å². The Kier molecular flexibility index (Phi) is 8.26. The number of primary amides is 1. The average Bonchev–Trinajstić information content (AvgIpc) is 3.18. The molecule has 5 nitrogen and oxygen atoms in total. The van der Waals surface area contributed by atoms with Gasteiger partial charge in [-0.05, 0) is 53.4 Å². The molecule has 0 radical (unpaired) electrons. The van der Waals surface area contributed by atoms with Gasteiger partial charge in [0, 0.05) is 25.6 Å². The highest BCUT2D eigenvalue weighted by atomic mass is 32.1. The molecule has 0 fully saturated rings. The lowest BCUT2D eigenvalue weighted by Crippen LogP contribution is -2.43. The SMILES string of the molecule is CCNC(=NCC(C)c1ccsc1)NCC(Cc1ccc(F)cc1)C(N)=O. The molecule has 0 aliphatic rings. The van der Waals surface area contributed by atoms with E-state index in [1.54, 1.807) is 23.5 Å². The van der Waals surface area contributed by atoms with Crippen LogP contribution in [0.2, 0.25) is 0 Å². The van der Waals surface area contributed by atoms with Gasteiger partial charge in [0.2, 0.25) is 5.91 Å². The minimum Gasteiger partial charge on any atom is -0.369 e. The second-order valence-electron chi connectivity index (χ2n) is 6.49. The van der Waals surface area contributed by atoms with Crippen LogP contribution in [0, 0.1) is 11.7 Å². The van der Waals surface area contributed by atoms with E-state index in [0.29, 0.717) is 31.4 Å². The minimum absolute atomic E-state index is 0.297. The summed E-state index contributed by atoms with van der Waals surface area (Å²) in [6, 6.07) is 8.23. The highest BCUT2D eigenvalue weighted by molar-refractivity contribution is 7.07. The van der Waals surface area contributed by atoms with Crippen molar-refractivity contribution in [3.63, 3.8) is 0 Å². The van der Waals surface area contributed by atoms with Crippen molar-refractivity contribution in [3.8, 4) is 0 Å².